The van der Waals surface area contributed by atoms with Crippen molar-refractivity contribution < 1.29 is 60.1 Å². The van der Waals surface area contributed by atoms with Gasteiger partial charge in [0.15, 0.2) is 23.0 Å². The maximum absolute atomic E-state index is 13.1. The fourth-order valence-corrected chi connectivity index (χ4v) is 8.23. The van der Waals surface area contributed by atoms with E-state index in [1.165, 1.54) is 38.5 Å². The van der Waals surface area contributed by atoms with Gasteiger partial charge in [0.2, 0.25) is 0 Å². The summed E-state index contributed by atoms with van der Waals surface area (Å²) in [6, 6.07) is 18.0. The Bertz CT molecular complexity index is 2360. The second-order valence-corrected chi connectivity index (χ2v) is 17.8. The zero-order valence-electron chi connectivity index (χ0n) is 29.2. The number of ether oxygens (including phenoxy) is 2. The normalized spacial score (nSPS) is 15.4. The van der Waals surface area contributed by atoms with Crippen LogP contribution in [0.5, 0.6) is 23.0 Å². The van der Waals surface area contributed by atoms with E-state index in [4.69, 9.17) is 26.4 Å². The highest BCUT2D eigenvalue weighted by atomic mass is 32.2. The summed E-state index contributed by atoms with van der Waals surface area (Å²) >= 11 is 0. The third-order valence-electron chi connectivity index (χ3n) is 7.77. The standard InChI is InChI=1S/C34H34N2O14S4/c1-23-9-13-25(14-10-23)51(37,38)47-31-19-17-27(21-33(31)45-3)53(41,42)49-35-29-7-5-6-8-30(29)36-50-54(43,44)28-18-20-32(34(22-28)46-4)48-52(39,40)26-15-11-24(2)12-16-26/h9-22H,5-8H2,1-4H3/b35-29+,36-30+. The van der Waals surface area contributed by atoms with Gasteiger partial charge >= 0.3 is 40.5 Å². The van der Waals surface area contributed by atoms with Crippen molar-refractivity contribution in [3.63, 3.8) is 0 Å². The van der Waals surface area contributed by atoms with Gasteiger partial charge in [-0.15, -0.1) is 0 Å². The lowest BCUT2D eigenvalue weighted by molar-refractivity contribution is 0.330. The molecule has 0 unspecified atom stereocenters. The van der Waals surface area contributed by atoms with Gasteiger partial charge in [-0.3, -0.25) is 8.57 Å². The number of methoxy groups -OCH3 is 2. The van der Waals surface area contributed by atoms with Crippen molar-refractivity contribution in [2.45, 2.75) is 59.1 Å². The van der Waals surface area contributed by atoms with E-state index in [2.05, 4.69) is 10.3 Å². The van der Waals surface area contributed by atoms with Crippen LogP contribution in [-0.2, 0) is 49.0 Å². The molecule has 1 aliphatic carbocycles. The van der Waals surface area contributed by atoms with Crippen LogP contribution in [0, 0.1) is 13.8 Å². The van der Waals surface area contributed by atoms with Gasteiger partial charge < -0.3 is 17.8 Å². The van der Waals surface area contributed by atoms with Crippen LogP contribution in [0.3, 0.4) is 0 Å². The van der Waals surface area contributed by atoms with Crippen LogP contribution in [0.2, 0.25) is 0 Å². The number of rotatable bonds is 14. The second kappa shape index (κ2) is 16.0. The van der Waals surface area contributed by atoms with Gasteiger partial charge in [-0.05, 0) is 88.1 Å². The zero-order chi connectivity index (χ0) is 39.3. The summed E-state index contributed by atoms with van der Waals surface area (Å²) in [5.41, 5.74) is 1.66. The van der Waals surface area contributed by atoms with E-state index in [1.807, 2.05) is 0 Å². The van der Waals surface area contributed by atoms with Gasteiger partial charge in [0.25, 0.3) is 0 Å². The molecular formula is C34H34N2O14S4. The lowest BCUT2D eigenvalue weighted by atomic mass is 9.97. The molecule has 1 fully saturated rings. The molecule has 0 aliphatic heterocycles. The van der Waals surface area contributed by atoms with Gasteiger partial charge in [0.1, 0.15) is 31.0 Å². The van der Waals surface area contributed by atoms with Crippen molar-refractivity contribution in [3.8, 4) is 23.0 Å². The molecule has 0 radical (unpaired) electrons. The molecule has 0 N–H and O–H groups in total. The smallest absolute Gasteiger partial charge is 0.358 e. The number of benzene rings is 4. The predicted octanol–water partition coefficient (Wildman–Crippen LogP) is 5.25. The third kappa shape index (κ3) is 9.48. The molecule has 0 bridgehead atoms. The Morgan fingerprint density at radius 3 is 1.11 bits per heavy atom. The van der Waals surface area contributed by atoms with E-state index in [0.29, 0.717) is 12.8 Å². The molecule has 4 aromatic rings. The van der Waals surface area contributed by atoms with E-state index in [1.54, 1.807) is 38.1 Å². The minimum atomic E-state index is -4.62. The molecule has 20 heteroatoms. The average Bonchev–Trinajstić information content (AvgIpc) is 3.13. The molecule has 288 valence electrons. The summed E-state index contributed by atoms with van der Waals surface area (Å²) in [6.45, 7) is 3.58. The molecule has 0 aromatic heterocycles. The summed E-state index contributed by atoms with van der Waals surface area (Å²) in [7, 11) is -15.4. The minimum Gasteiger partial charge on any atom is -0.493 e. The highest BCUT2D eigenvalue weighted by molar-refractivity contribution is 7.87. The molecule has 0 amide bonds. The highest BCUT2D eigenvalue weighted by Gasteiger charge is 2.27. The molecule has 0 heterocycles. The molecule has 1 aliphatic rings. The lowest BCUT2D eigenvalue weighted by Gasteiger charge is -2.15. The minimum absolute atomic E-state index is 0.00113. The Balaban J connectivity index is 1.31. The SMILES string of the molecule is COc1cc(S(=O)(=O)O/N=C2\CCCC\C2=N/OS(=O)(=O)c2ccc(OS(=O)(=O)c3ccc(C)cc3)c(OC)c2)ccc1OS(=O)(=O)c1ccc(C)cc1. The Morgan fingerprint density at radius 2 is 0.778 bits per heavy atom. The number of hydrogen-bond acceptors (Lipinski definition) is 16. The Labute approximate surface area is 313 Å². The first kappa shape index (κ1) is 40.0. The van der Waals surface area contributed by atoms with Crippen LogP contribution in [0.1, 0.15) is 36.8 Å². The zero-order valence-corrected chi connectivity index (χ0v) is 32.4. The molecular weight excluding hydrogens is 789 g/mol. The fourth-order valence-electron chi connectivity index (χ4n) is 4.83. The first-order valence-electron chi connectivity index (χ1n) is 15.8. The summed E-state index contributed by atoms with van der Waals surface area (Å²) < 4.78 is 134. The number of aryl methyl sites for hydroxylation is 2. The number of nitrogens with zero attached hydrogens (tertiary/aromatic N) is 2. The molecule has 4 aromatic carbocycles. The summed E-state index contributed by atoms with van der Waals surface area (Å²) in [4.78, 5) is -1.15. The van der Waals surface area contributed by atoms with E-state index >= 15 is 0 Å². The molecule has 5 rings (SSSR count). The molecule has 1 saturated carbocycles. The van der Waals surface area contributed by atoms with Crippen molar-refractivity contribution in [1.82, 2.24) is 0 Å². The third-order valence-corrected chi connectivity index (χ3v) is 12.5. The van der Waals surface area contributed by atoms with Gasteiger partial charge in [-0.25, -0.2) is 0 Å². The lowest BCUT2D eigenvalue weighted by Crippen LogP contribution is -2.21. The van der Waals surface area contributed by atoms with Gasteiger partial charge in [0.05, 0.1) is 14.2 Å². The van der Waals surface area contributed by atoms with Gasteiger partial charge in [-0.2, -0.15) is 33.7 Å². The number of hydrogen-bond donors (Lipinski definition) is 0. The summed E-state index contributed by atoms with van der Waals surface area (Å²) in [6.07, 6.45) is 1.43. The van der Waals surface area contributed by atoms with Crippen LogP contribution in [0.25, 0.3) is 0 Å². The van der Waals surface area contributed by atoms with Crippen molar-refractivity contribution in [1.29, 1.82) is 0 Å². The van der Waals surface area contributed by atoms with E-state index in [0.717, 1.165) is 47.5 Å². The van der Waals surface area contributed by atoms with E-state index in [-0.39, 0.29) is 57.1 Å². The fraction of sp³-hybridized carbons (Fsp3) is 0.235. The second-order valence-electron chi connectivity index (χ2n) is 11.7. The Morgan fingerprint density at radius 1 is 0.444 bits per heavy atom. The van der Waals surface area contributed by atoms with E-state index < -0.39 is 50.3 Å². The van der Waals surface area contributed by atoms with Crippen molar-refractivity contribution in [3.05, 3.63) is 96.1 Å². The highest BCUT2D eigenvalue weighted by Crippen LogP contribution is 2.34. The maximum Gasteiger partial charge on any atom is 0.358 e. The summed E-state index contributed by atoms with van der Waals surface area (Å²) in [5, 5.41) is 7.47. The van der Waals surface area contributed by atoms with Crippen molar-refractivity contribution >= 4 is 51.9 Å². The predicted molar refractivity (Wildman–Crippen MR) is 194 cm³/mol. The molecule has 54 heavy (non-hydrogen) atoms. The van der Waals surface area contributed by atoms with Crippen LogP contribution < -0.4 is 17.8 Å². The quantitative estimate of drug-likeness (QED) is 0.117. The van der Waals surface area contributed by atoms with Crippen molar-refractivity contribution in [2.75, 3.05) is 14.2 Å². The van der Waals surface area contributed by atoms with Crippen LogP contribution >= 0.6 is 0 Å². The molecule has 0 saturated heterocycles. The van der Waals surface area contributed by atoms with Crippen LogP contribution in [-0.4, -0.2) is 59.3 Å². The monoisotopic (exact) mass is 822 g/mol. The van der Waals surface area contributed by atoms with Gasteiger partial charge in [0, 0.05) is 12.1 Å². The van der Waals surface area contributed by atoms with Crippen LogP contribution in [0.4, 0.5) is 0 Å². The molecule has 16 nitrogen and oxygen atoms in total. The average molecular weight is 823 g/mol. The van der Waals surface area contributed by atoms with E-state index in [9.17, 15) is 33.7 Å². The van der Waals surface area contributed by atoms with Crippen LogP contribution in [0.15, 0.2) is 115 Å². The maximum atomic E-state index is 13.1. The molecule has 0 spiro atoms. The first-order valence-corrected chi connectivity index (χ1v) is 21.5. The topological polar surface area (TPSA) is 217 Å². The number of oxime groups is 2. The Hall–Kier alpha value is -5.18. The first-order chi connectivity index (χ1) is 25.4. The Kier molecular flexibility index (Phi) is 11.9. The van der Waals surface area contributed by atoms with Gasteiger partial charge in [-0.1, -0.05) is 45.7 Å². The molecule has 0 atom stereocenters. The van der Waals surface area contributed by atoms with Crippen molar-refractivity contribution in [2.24, 2.45) is 10.3 Å². The summed E-state index contributed by atoms with van der Waals surface area (Å²) in [5.74, 6) is -1.03. The largest absolute Gasteiger partial charge is 0.493 e.